The fourth-order valence-electron chi connectivity index (χ4n) is 1.13. The third-order valence-electron chi connectivity index (χ3n) is 1.95. The minimum Gasteiger partial charge on any atom is -0.334 e. The molecule has 0 bridgehead atoms. The molecule has 0 heterocycles. The number of benzene rings is 1. The number of hydrogen-bond acceptors (Lipinski definition) is 3. The summed E-state index contributed by atoms with van der Waals surface area (Å²) in [5.41, 5.74) is 0.527. The van der Waals surface area contributed by atoms with E-state index in [1.165, 1.54) is 24.3 Å². The zero-order valence-electron chi connectivity index (χ0n) is 9.43. The number of anilines is 1. The van der Waals surface area contributed by atoms with Gasteiger partial charge in [-0.1, -0.05) is 6.08 Å². The molecule has 0 fully saturated rings. The smallest absolute Gasteiger partial charge is 0.319 e. The van der Waals surface area contributed by atoms with Crippen molar-refractivity contribution in [3.05, 3.63) is 36.9 Å². The summed E-state index contributed by atoms with van der Waals surface area (Å²) in [4.78, 5) is 11.5. The molecule has 5 nitrogen and oxygen atoms in total. The van der Waals surface area contributed by atoms with E-state index in [4.69, 9.17) is 0 Å². The van der Waals surface area contributed by atoms with Crippen LogP contribution in [0.4, 0.5) is 10.5 Å². The SMILES string of the molecule is C=CCNC(=O)Nc1ccc(S(C)(=O)=O)cc1. The molecule has 1 aromatic carbocycles. The van der Waals surface area contributed by atoms with Crippen molar-refractivity contribution in [2.75, 3.05) is 18.1 Å². The Morgan fingerprint density at radius 3 is 2.41 bits per heavy atom. The molecule has 2 N–H and O–H groups in total. The number of nitrogens with one attached hydrogen (secondary N) is 2. The van der Waals surface area contributed by atoms with Gasteiger partial charge in [-0.15, -0.1) is 6.58 Å². The van der Waals surface area contributed by atoms with Gasteiger partial charge in [-0.25, -0.2) is 13.2 Å². The predicted molar refractivity (Wildman–Crippen MR) is 66.8 cm³/mol. The van der Waals surface area contributed by atoms with Gasteiger partial charge in [0, 0.05) is 18.5 Å². The number of carbonyl (C=O) groups excluding carboxylic acids is 1. The van der Waals surface area contributed by atoms with Gasteiger partial charge in [-0.2, -0.15) is 0 Å². The Morgan fingerprint density at radius 2 is 1.94 bits per heavy atom. The minimum absolute atomic E-state index is 0.217. The van der Waals surface area contributed by atoms with Crippen molar-refractivity contribution in [1.29, 1.82) is 0 Å². The third kappa shape index (κ3) is 4.28. The van der Waals surface area contributed by atoms with E-state index in [0.29, 0.717) is 12.2 Å². The van der Waals surface area contributed by atoms with Crippen LogP contribution in [0.1, 0.15) is 0 Å². The van der Waals surface area contributed by atoms with Crippen molar-refractivity contribution in [3.63, 3.8) is 0 Å². The number of rotatable bonds is 4. The Hall–Kier alpha value is -1.82. The van der Waals surface area contributed by atoms with Crippen LogP contribution >= 0.6 is 0 Å². The molecule has 0 radical (unpaired) electrons. The molecule has 6 heteroatoms. The summed E-state index contributed by atoms with van der Waals surface area (Å²) in [6.07, 6.45) is 2.69. The summed E-state index contributed by atoms with van der Waals surface area (Å²) < 4.78 is 22.4. The largest absolute Gasteiger partial charge is 0.334 e. The van der Waals surface area contributed by atoms with Crippen molar-refractivity contribution in [2.24, 2.45) is 0 Å². The molecule has 0 spiro atoms. The van der Waals surface area contributed by atoms with E-state index in [0.717, 1.165) is 6.26 Å². The first-order valence-electron chi connectivity index (χ1n) is 4.89. The van der Waals surface area contributed by atoms with Crippen LogP contribution in [0.15, 0.2) is 41.8 Å². The van der Waals surface area contributed by atoms with Crippen LogP contribution in [0.3, 0.4) is 0 Å². The highest BCUT2D eigenvalue weighted by atomic mass is 32.2. The number of hydrogen-bond donors (Lipinski definition) is 2. The average molecular weight is 254 g/mol. The van der Waals surface area contributed by atoms with E-state index in [2.05, 4.69) is 17.2 Å². The fraction of sp³-hybridized carbons (Fsp3) is 0.182. The molecule has 0 atom stereocenters. The number of sulfone groups is 1. The third-order valence-corrected chi connectivity index (χ3v) is 3.08. The maximum Gasteiger partial charge on any atom is 0.319 e. The second kappa shape index (κ2) is 5.49. The lowest BCUT2D eigenvalue weighted by atomic mass is 10.3. The Bertz CT molecular complexity index is 506. The first-order chi connectivity index (χ1) is 7.93. The van der Waals surface area contributed by atoms with E-state index in [-0.39, 0.29) is 10.9 Å². The van der Waals surface area contributed by atoms with Gasteiger partial charge in [0.2, 0.25) is 0 Å². The van der Waals surface area contributed by atoms with Crippen LogP contribution < -0.4 is 10.6 Å². The normalized spacial score (nSPS) is 10.6. The van der Waals surface area contributed by atoms with Crippen LogP contribution in [0.25, 0.3) is 0 Å². The molecule has 2 amide bonds. The Labute approximate surface area is 100 Å². The van der Waals surface area contributed by atoms with Gasteiger partial charge in [0.05, 0.1) is 4.90 Å². The molecule has 0 aliphatic rings. The van der Waals surface area contributed by atoms with Crippen LogP contribution in [0, 0.1) is 0 Å². The zero-order chi connectivity index (χ0) is 12.9. The van der Waals surface area contributed by atoms with E-state index in [1.54, 1.807) is 6.08 Å². The van der Waals surface area contributed by atoms with Crippen molar-refractivity contribution in [1.82, 2.24) is 5.32 Å². The van der Waals surface area contributed by atoms with Gasteiger partial charge in [-0.05, 0) is 24.3 Å². The maximum atomic E-state index is 11.3. The van der Waals surface area contributed by atoms with Crippen LogP contribution in [-0.2, 0) is 9.84 Å². The van der Waals surface area contributed by atoms with Crippen molar-refractivity contribution in [3.8, 4) is 0 Å². The van der Waals surface area contributed by atoms with E-state index >= 15 is 0 Å². The molecule has 92 valence electrons. The first kappa shape index (κ1) is 13.2. The standard InChI is InChI=1S/C11H14N2O3S/c1-3-8-12-11(14)13-9-4-6-10(7-5-9)17(2,15)16/h3-7H,1,8H2,2H3,(H2,12,13,14). The lowest BCUT2D eigenvalue weighted by Crippen LogP contribution is -2.28. The van der Waals surface area contributed by atoms with Crippen LogP contribution in [0.5, 0.6) is 0 Å². The van der Waals surface area contributed by atoms with Gasteiger partial charge in [0.25, 0.3) is 0 Å². The van der Waals surface area contributed by atoms with E-state index < -0.39 is 9.84 Å². The molecular formula is C11H14N2O3S. The number of urea groups is 1. The molecule has 1 rings (SSSR count). The minimum atomic E-state index is -3.20. The first-order valence-corrected chi connectivity index (χ1v) is 6.78. The van der Waals surface area contributed by atoms with E-state index in [9.17, 15) is 13.2 Å². The van der Waals surface area contributed by atoms with Crippen LogP contribution in [0.2, 0.25) is 0 Å². The van der Waals surface area contributed by atoms with Gasteiger partial charge in [0.15, 0.2) is 9.84 Å². The summed E-state index contributed by atoms with van der Waals surface area (Å²) in [6, 6.07) is 5.59. The average Bonchev–Trinajstić information content (AvgIpc) is 2.26. The Balaban J connectivity index is 2.69. The maximum absolute atomic E-state index is 11.3. The lowest BCUT2D eigenvalue weighted by Gasteiger charge is -2.06. The molecule has 1 aromatic rings. The van der Waals surface area contributed by atoms with E-state index in [1.807, 2.05) is 0 Å². The Morgan fingerprint density at radius 1 is 1.35 bits per heavy atom. The lowest BCUT2D eigenvalue weighted by molar-refractivity contribution is 0.253. The zero-order valence-corrected chi connectivity index (χ0v) is 10.3. The summed E-state index contributed by atoms with van der Waals surface area (Å²) in [7, 11) is -3.20. The Kier molecular flexibility index (Phi) is 4.28. The van der Waals surface area contributed by atoms with Gasteiger partial charge < -0.3 is 10.6 Å². The van der Waals surface area contributed by atoms with Gasteiger partial charge in [-0.3, -0.25) is 0 Å². The second-order valence-electron chi connectivity index (χ2n) is 3.42. The summed E-state index contributed by atoms with van der Waals surface area (Å²) in [5.74, 6) is 0. The molecule has 0 aromatic heterocycles. The van der Waals surface area contributed by atoms with Crippen molar-refractivity contribution >= 4 is 21.6 Å². The van der Waals surface area contributed by atoms with Crippen molar-refractivity contribution < 1.29 is 13.2 Å². The fourth-order valence-corrected chi connectivity index (χ4v) is 1.76. The number of amides is 2. The highest BCUT2D eigenvalue weighted by Gasteiger charge is 2.06. The highest BCUT2D eigenvalue weighted by molar-refractivity contribution is 7.90. The molecule has 0 saturated heterocycles. The predicted octanol–water partition coefficient (Wildman–Crippen LogP) is 1.40. The summed E-state index contributed by atoms with van der Waals surface area (Å²) in [6.45, 7) is 3.84. The molecular weight excluding hydrogens is 240 g/mol. The monoisotopic (exact) mass is 254 g/mol. The number of carbonyl (C=O) groups is 1. The molecule has 0 aliphatic heterocycles. The van der Waals surface area contributed by atoms with Gasteiger partial charge in [0.1, 0.15) is 0 Å². The highest BCUT2D eigenvalue weighted by Crippen LogP contribution is 2.13. The quantitative estimate of drug-likeness (QED) is 0.797. The van der Waals surface area contributed by atoms with Crippen LogP contribution in [-0.4, -0.2) is 27.2 Å². The molecule has 0 aliphatic carbocycles. The van der Waals surface area contributed by atoms with Gasteiger partial charge >= 0.3 is 6.03 Å². The molecule has 17 heavy (non-hydrogen) atoms. The second-order valence-corrected chi connectivity index (χ2v) is 5.44. The topological polar surface area (TPSA) is 75.3 Å². The molecule has 0 unspecified atom stereocenters. The summed E-state index contributed by atoms with van der Waals surface area (Å²) >= 11 is 0. The molecule has 0 saturated carbocycles. The van der Waals surface area contributed by atoms with Crippen molar-refractivity contribution in [2.45, 2.75) is 4.90 Å². The summed E-state index contributed by atoms with van der Waals surface area (Å²) in [5, 5.41) is 5.10.